The zero-order valence-electron chi connectivity index (χ0n) is 10.6. The summed E-state index contributed by atoms with van der Waals surface area (Å²) in [7, 11) is 3.03. The fourth-order valence-corrected chi connectivity index (χ4v) is 2.13. The first-order valence-electron chi connectivity index (χ1n) is 5.71. The highest BCUT2D eigenvalue weighted by atomic mass is 16.5. The van der Waals surface area contributed by atoms with E-state index in [-0.39, 0.29) is 25.0 Å². The Labute approximate surface area is 109 Å². The van der Waals surface area contributed by atoms with Crippen molar-refractivity contribution in [3.05, 3.63) is 16.7 Å². The normalized spacial score (nSPS) is 22.2. The molecule has 2 heterocycles. The number of aromatic amines is 1. The van der Waals surface area contributed by atoms with Crippen LogP contribution in [0.15, 0.2) is 11.1 Å². The molecule has 1 fully saturated rings. The Morgan fingerprint density at radius 2 is 2.37 bits per heavy atom. The van der Waals surface area contributed by atoms with Gasteiger partial charge in [-0.25, -0.2) is 4.98 Å². The zero-order chi connectivity index (χ0) is 14.0. The summed E-state index contributed by atoms with van der Waals surface area (Å²) in [5.74, 6) is -1.23. The third-order valence-electron chi connectivity index (χ3n) is 3.20. The van der Waals surface area contributed by atoms with Gasteiger partial charge in [0, 0.05) is 7.05 Å². The van der Waals surface area contributed by atoms with Gasteiger partial charge in [-0.3, -0.25) is 9.59 Å². The van der Waals surface area contributed by atoms with E-state index in [1.807, 2.05) is 0 Å². The second kappa shape index (κ2) is 5.27. The Hall–Kier alpha value is -2.09. The number of aromatic nitrogens is 2. The van der Waals surface area contributed by atoms with Crippen molar-refractivity contribution in [3.63, 3.8) is 0 Å². The van der Waals surface area contributed by atoms with Crippen molar-refractivity contribution >= 4 is 11.8 Å². The topological polar surface area (TPSA) is 105 Å². The molecule has 0 spiro atoms. The number of carboxylic acid groups (broad SMARTS) is 1. The van der Waals surface area contributed by atoms with Crippen LogP contribution in [0.2, 0.25) is 0 Å². The van der Waals surface area contributed by atoms with E-state index in [1.54, 1.807) is 11.9 Å². The van der Waals surface area contributed by atoms with E-state index < -0.39 is 17.4 Å². The fraction of sp³-hybridized carbons (Fsp3) is 0.545. The van der Waals surface area contributed by atoms with Crippen molar-refractivity contribution in [1.82, 2.24) is 9.97 Å². The number of anilines is 1. The molecule has 1 aliphatic rings. The molecule has 0 bridgehead atoms. The predicted molar refractivity (Wildman–Crippen MR) is 65.5 cm³/mol. The van der Waals surface area contributed by atoms with Crippen molar-refractivity contribution in [2.45, 2.75) is 6.04 Å². The first kappa shape index (κ1) is 13.3. The number of likely N-dealkylation sites (N-methyl/N-ethyl adjacent to an activating group) is 1. The smallest absolute Gasteiger partial charge is 0.311 e. The lowest BCUT2D eigenvalue weighted by atomic mass is 10.0. The average molecular weight is 269 g/mol. The second-order valence-electron chi connectivity index (χ2n) is 4.25. The third-order valence-corrected chi connectivity index (χ3v) is 3.20. The van der Waals surface area contributed by atoms with Crippen LogP contribution in [0.25, 0.3) is 0 Å². The molecule has 0 saturated carbocycles. The highest BCUT2D eigenvalue weighted by Crippen LogP contribution is 2.27. The number of carbonyl (C=O) groups is 1. The van der Waals surface area contributed by atoms with E-state index in [0.717, 1.165) is 0 Å². The maximum absolute atomic E-state index is 11.6. The number of rotatable bonds is 4. The molecule has 2 N–H and O–H groups in total. The van der Waals surface area contributed by atoms with E-state index in [2.05, 4.69) is 9.97 Å². The van der Waals surface area contributed by atoms with Crippen LogP contribution in [0.5, 0.6) is 5.75 Å². The number of ether oxygens (including phenoxy) is 2. The van der Waals surface area contributed by atoms with Crippen LogP contribution in [0, 0.1) is 5.92 Å². The highest BCUT2D eigenvalue weighted by molar-refractivity contribution is 5.72. The largest absolute Gasteiger partial charge is 0.489 e. The van der Waals surface area contributed by atoms with Crippen LogP contribution < -0.4 is 15.2 Å². The number of carboxylic acids is 1. The summed E-state index contributed by atoms with van der Waals surface area (Å²) in [5.41, 5.74) is -0.412. The SMILES string of the molecule is COc1c(N(C)C2COCC2C(=O)O)nc[nH]c1=O. The summed E-state index contributed by atoms with van der Waals surface area (Å²) in [5, 5.41) is 9.13. The molecular weight excluding hydrogens is 254 g/mol. The van der Waals surface area contributed by atoms with Gasteiger partial charge in [-0.15, -0.1) is 0 Å². The molecule has 2 unspecified atom stereocenters. The number of nitrogens with one attached hydrogen (secondary N) is 1. The number of hydrogen-bond acceptors (Lipinski definition) is 6. The van der Waals surface area contributed by atoms with Crippen LogP contribution in [0.3, 0.4) is 0 Å². The van der Waals surface area contributed by atoms with Gasteiger partial charge < -0.3 is 24.5 Å². The van der Waals surface area contributed by atoms with Crippen LogP contribution in [-0.2, 0) is 9.53 Å². The van der Waals surface area contributed by atoms with Crippen LogP contribution in [0.1, 0.15) is 0 Å². The molecule has 1 aromatic rings. The molecule has 19 heavy (non-hydrogen) atoms. The first-order valence-corrected chi connectivity index (χ1v) is 5.71. The maximum Gasteiger partial charge on any atom is 0.311 e. The van der Waals surface area contributed by atoms with E-state index in [0.29, 0.717) is 5.82 Å². The Morgan fingerprint density at radius 1 is 1.63 bits per heavy atom. The quantitative estimate of drug-likeness (QED) is 0.745. The molecule has 0 radical (unpaired) electrons. The Bertz CT molecular complexity index is 529. The van der Waals surface area contributed by atoms with Crippen molar-refractivity contribution in [3.8, 4) is 5.75 Å². The van der Waals surface area contributed by atoms with Gasteiger partial charge in [-0.2, -0.15) is 0 Å². The van der Waals surface area contributed by atoms with Crippen LogP contribution in [0.4, 0.5) is 5.82 Å². The second-order valence-corrected chi connectivity index (χ2v) is 4.25. The Kier molecular flexibility index (Phi) is 3.70. The van der Waals surface area contributed by atoms with Gasteiger partial charge in [0.05, 0.1) is 32.7 Å². The van der Waals surface area contributed by atoms with Crippen molar-refractivity contribution in [2.24, 2.45) is 5.92 Å². The molecule has 104 valence electrons. The van der Waals surface area contributed by atoms with Gasteiger partial charge in [0.25, 0.3) is 5.56 Å². The van der Waals surface area contributed by atoms with Gasteiger partial charge in [-0.05, 0) is 0 Å². The summed E-state index contributed by atoms with van der Waals surface area (Å²) in [6, 6.07) is -0.388. The average Bonchev–Trinajstić information content (AvgIpc) is 2.86. The fourth-order valence-electron chi connectivity index (χ4n) is 2.13. The van der Waals surface area contributed by atoms with E-state index in [9.17, 15) is 9.59 Å². The minimum Gasteiger partial charge on any atom is -0.489 e. The molecule has 8 heteroatoms. The lowest BCUT2D eigenvalue weighted by Gasteiger charge is -2.27. The minimum atomic E-state index is -0.932. The number of methoxy groups -OCH3 is 1. The van der Waals surface area contributed by atoms with E-state index in [1.165, 1.54) is 13.4 Å². The van der Waals surface area contributed by atoms with E-state index in [4.69, 9.17) is 14.6 Å². The van der Waals surface area contributed by atoms with Gasteiger partial charge in [0.1, 0.15) is 5.92 Å². The standard InChI is InChI=1S/C11H15N3O5/c1-14(7-4-19-3-6(7)11(16)17)9-8(18-2)10(15)13-5-12-9/h5-7H,3-4H2,1-2H3,(H,16,17)(H,12,13,15). The number of H-pyrrole nitrogens is 1. The van der Waals surface area contributed by atoms with E-state index >= 15 is 0 Å². The molecule has 0 aromatic carbocycles. The molecule has 2 atom stereocenters. The Balaban J connectivity index is 2.34. The van der Waals surface area contributed by atoms with Crippen LogP contribution >= 0.6 is 0 Å². The van der Waals surface area contributed by atoms with Crippen molar-refractivity contribution in [2.75, 3.05) is 32.3 Å². The minimum absolute atomic E-state index is 0.0565. The summed E-state index contributed by atoms with van der Waals surface area (Å²) in [6.07, 6.45) is 1.25. The molecule has 2 rings (SSSR count). The zero-order valence-corrected chi connectivity index (χ0v) is 10.6. The molecule has 1 aromatic heterocycles. The van der Waals surface area contributed by atoms with Crippen molar-refractivity contribution in [1.29, 1.82) is 0 Å². The number of aliphatic carboxylic acids is 1. The molecular formula is C11H15N3O5. The molecule has 0 amide bonds. The van der Waals surface area contributed by atoms with Gasteiger partial charge in [0.2, 0.25) is 5.75 Å². The predicted octanol–water partition coefficient (Wildman–Crippen LogP) is -0.686. The lowest BCUT2D eigenvalue weighted by Crippen LogP contribution is -2.42. The first-order chi connectivity index (χ1) is 9.06. The van der Waals surface area contributed by atoms with Crippen LogP contribution in [-0.4, -0.2) is 54.5 Å². The summed E-state index contributed by atoms with van der Waals surface area (Å²) >= 11 is 0. The van der Waals surface area contributed by atoms with Gasteiger partial charge >= 0.3 is 5.97 Å². The number of hydrogen-bond donors (Lipinski definition) is 2. The third kappa shape index (κ3) is 2.39. The lowest BCUT2D eigenvalue weighted by molar-refractivity contribution is -0.141. The summed E-state index contributed by atoms with van der Waals surface area (Å²) in [4.78, 5) is 30.8. The highest BCUT2D eigenvalue weighted by Gasteiger charge is 2.38. The summed E-state index contributed by atoms with van der Waals surface area (Å²) in [6.45, 7) is 0.418. The molecule has 8 nitrogen and oxygen atoms in total. The van der Waals surface area contributed by atoms with Gasteiger partial charge in [0.15, 0.2) is 5.82 Å². The monoisotopic (exact) mass is 269 g/mol. The van der Waals surface area contributed by atoms with Gasteiger partial charge in [-0.1, -0.05) is 0 Å². The molecule has 1 saturated heterocycles. The number of nitrogens with zero attached hydrogens (tertiary/aromatic N) is 2. The summed E-state index contributed by atoms with van der Waals surface area (Å²) < 4.78 is 10.2. The molecule has 0 aliphatic carbocycles. The Morgan fingerprint density at radius 3 is 3.00 bits per heavy atom. The molecule has 1 aliphatic heterocycles. The maximum atomic E-state index is 11.6. The van der Waals surface area contributed by atoms with Crippen molar-refractivity contribution < 1.29 is 19.4 Å².